The number of rotatable bonds is 5. The van der Waals surface area contributed by atoms with Crippen molar-refractivity contribution in [2.45, 2.75) is 32.8 Å². The number of esters is 2. The lowest BCUT2D eigenvalue weighted by atomic mass is 10.1. The molecular formula is C24H25NO4. The van der Waals surface area contributed by atoms with Gasteiger partial charge in [0.05, 0.1) is 24.8 Å². The molecule has 29 heavy (non-hydrogen) atoms. The van der Waals surface area contributed by atoms with Crippen LogP contribution in [0.1, 0.15) is 36.8 Å². The van der Waals surface area contributed by atoms with E-state index in [4.69, 9.17) is 9.47 Å². The number of para-hydroxylation sites is 1. The minimum atomic E-state index is -0.616. The smallest absolute Gasteiger partial charge is 0.339 e. The van der Waals surface area contributed by atoms with Crippen molar-refractivity contribution >= 4 is 11.9 Å². The van der Waals surface area contributed by atoms with Crippen LogP contribution in [0.2, 0.25) is 0 Å². The molecule has 1 heterocycles. The second-order valence-corrected chi connectivity index (χ2v) is 7.68. The van der Waals surface area contributed by atoms with Gasteiger partial charge in [0.15, 0.2) is 0 Å². The van der Waals surface area contributed by atoms with Crippen LogP contribution >= 0.6 is 0 Å². The van der Waals surface area contributed by atoms with Crippen LogP contribution in [0, 0.1) is 0 Å². The molecule has 0 aliphatic rings. The first-order valence-corrected chi connectivity index (χ1v) is 9.46. The highest BCUT2D eigenvalue weighted by atomic mass is 16.6. The van der Waals surface area contributed by atoms with Crippen LogP contribution in [-0.2, 0) is 20.7 Å². The molecule has 0 N–H and O–H groups in total. The molecule has 5 nitrogen and oxygen atoms in total. The fourth-order valence-corrected chi connectivity index (χ4v) is 3.22. The van der Waals surface area contributed by atoms with Crippen molar-refractivity contribution in [1.82, 2.24) is 4.57 Å². The minimum absolute atomic E-state index is 0.0522. The Morgan fingerprint density at radius 2 is 1.52 bits per heavy atom. The van der Waals surface area contributed by atoms with E-state index < -0.39 is 17.5 Å². The number of hydrogen-bond donors (Lipinski definition) is 0. The van der Waals surface area contributed by atoms with E-state index in [0.717, 1.165) is 16.9 Å². The van der Waals surface area contributed by atoms with Gasteiger partial charge < -0.3 is 14.0 Å². The third-order valence-corrected chi connectivity index (χ3v) is 4.32. The highest BCUT2D eigenvalue weighted by Gasteiger charge is 2.26. The molecule has 2 aromatic carbocycles. The molecule has 150 valence electrons. The Hall–Kier alpha value is -3.34. The maximum atomic E-state index is 12.6. The van der Waals surface area contributed by atoms with Gasteiger partial charge in [0.2, 0.25) is 0 Å². The van der Waals surface area contributed by atoms with E-state index in [1.165, 1.54) is 7.11 Å². The van der Waals surface area contributed by atoms with Gasteiger partial charge in [0.25, 0.3) is 0 Å². The zero-order valence-electron chi connectivity index (χ0n) is 17.1. The molecular weight excluding hydrogens is 366 g/mol. The Kier molecular flexibility index (Phi) is 5.87. The minimum Gasteiger partial charge on any atom is -0.465 e. The molecule has 3 rings (SSSR count). The van der Waals surface area contributed by atoms with Crippen LogP contribution in [0.15, 0.2) is 66.7 Å². The predicted octanol–water partition coefficient (Wildman–Crippen LogP) is 4.82. The largest absolute Gasteiger partial charge is 0.465 e. The summed E-state index contributed by atoms with van der Waals surface area (Å²) < 4.78 is 12.4. The van der Waals surface area contributed by atoms with Crippen molar-refractivity contribution in [3.63, 3.8) is 0 Å². The average Bonchev–Trinajstić information content (AvgIpc) is 3.06. The summed E-state index contributed by atoms with van der Waals surface area (Å²) in [4.78, 5) is 25.2. The lowest BCUT2D eigenvalue weighted by Gasteiger charge is -2.20. The second kappa shape index (κ2) is 8.35. The number of methoxy groups -OCH3 is 1. The Morgan fingerprint density at radius 1 is 0.931 bits per heavy atom. The van der Waals surface area contributed by atoms with E-state index in [0.29, 0.717) is 11.3 Å². The summed E-state index contributed by atoms with van der Waals surface area (Å²) in [5, 5.41) is 0. The zero-order valence-corrected chi connectivity index (χ0v) is 17.1. The lowest BCUT2D eigenvalue weighted by Crippen LogP contribution is -2.26. The van der Waals surface area contributed by atoms with Crippen molar-refractivity contribution in [3.05, 3.63) is 78.0 Å². The molecule has 5 heteroatoms. The van der Waals surface area contributed by atoms with Crippen molar-refractivity contribution in [2.75, 3.05) is 7.11 Å². The first-order valence-electron chi connectivity index (χ1n) is 9.46. The van der Waals surface area contributed by atoms with Crippen molar-refractivity contribution in [1.29, 1.82) is 0 Å². The Bertz CT molecular complexity index is 999. The summed E-state index contributed by atoms with van der Waals surface area (Å²) in [6, 6.07) is 21.1. The van der Waals surface area contributed by atoms with E-state index in [9.17, 15) is 9.59 Å². The van der Waals surface area contributed by atoms with Gasteiger partial charge in [-0.15, -0.1) is 0 Å². The van der Waals surface area contributed by atoms with Crippen LogP contribution < -0.4 is 0 Å². The quantitative estimate of drug-likeness (QED) is 0.586. The number of ether oxygens (including phenoxy) is 2. The molecule has 0 spiro atoms. The summed E-state index contributed by atoms with van der Waals surface area (Å²) in [5.74, 6) is -0.895. The van der Waals surface area contributed by atoms with E-state index in [-0.39, 0.29) is 6.42 Å². The van der Waals surface area contributed by atoms with Crippen LogP contribution in [0.5, 0.6) is 0 Å². The number of nitrogens with zero attached hydrogens (tertiary/aromatic N) is 1. The summed E-state index contributed by atoms with van der Waals surface area (Å²) >= 11 is 0. The van der Waals surface area contributed by atoms with Crippen LogP contribution in [0.3, 0.4) is 0 Å². The molecule has 0 saturated carbocycles. The van der Waals surface area contributed by atoms with Crippen LogP contribution in [0.25, 0.3) is 16.9 Å². The Labute approximate surface area is 170 Å². The SMILES string of the molecule is COC(=O)c1cc(-c2ccccc2)n(-c2ccccc2)c1CC(=O)OC(C)(C)C. The van der Waals surface area contributed by atoms with E-state index >= 15 is 0 Å². The number of carbonyl (C=O) groups excluding carboxylic acids is 2. The van der Waals surface area contributed by atoms with Gasteiger partial charge in [-0.3, -0.25) is 4.79 Å². The molecule has 0 unspecified atom stereocenters. The second-order valence-electron chi connectivity index (χ2n) is 7.68. The maximum Gasteiger partial charge on any atom is 0.339 e. The topological polar surface area (TPSA) is 57.5 Å². The summed E-state index contributed by atoms with van der Waals surface area (Å²) in [6.45, 7) is 5.45. The highest BCUT2D eigenvalue weighted by molar-refractivity contribution is 5.94. The third kappa shape index (κ3) is 4.74. The summed E-state index contributed by atoms with van der Waals surface area (Å²) in [6.07, 6.45) is -0.0522. The van der Waals surface area contributed by atoms with E-state index in [1.807, 2.05) is 86.0 Å². The highest BCUT2D eigenvalue weighted by Crippen LogP contribution is 2.31. The molecule has 0 amide bonds. The van der Waals surface area contributed by atoms with Gasteiger partial charge >= 0.3 is 11.9 Å². The molecule has 3 aromatic rings. The molecule has 1 aromatic heterocycles. The molecule has 0 radical (unpaired) electrons. The van der Waals surface area contributed by atoms with Gasteiger partial charge in [0, 0.05) is 11.4 Å². The molecule has 0 aliphatic carbocycles. The molecule has 0 aliphatic heterocycles. The first-order chi connectivity index (χ1) is 13.8. The Morgan fingerprint density at radius 3 is 2.07 bits per heavy atom. The van der Waals surface area contributed by atoms with Crippen molar-refractivity contribution in [3.8, 4) is 16.9 Å². The van der Waals surface area contributed by atoms with Gasteiger partial charge in [0.1, 0.15) is 5.60 Å². The Balaban J connectivity index is 2.22. The number of benzene rings is 2. The number of aromatic nitrogens is 1. The van der Waals surface area contributed by atoms with Gasteiger partial charge in [-0.05, 0) is 44.5 Å². The van der Waals surface area contributed by atoms with Gasteiger partial charge in [-0.2, -0.15) is 0 Å². The summed E-state index contributed by atoms with van der Waals surface area (Å²) in [5.41, 5.74) is 2.85. The van der Waals surface area contributed by atoms with Crippen molar-refractivity contribution < 1.29 is 19.1 Å². The normalized spacial score (nSPS) is 11.2. The predicted molar refractivity (Wildman–Crippen MR) is 112 cm³/mol. The van der Waals surface area contributed by atoms with Gasteiger partial charge in [-0.1, -0.05) is 48.5 Å². The molecule has 0 atom stereocenters. The van der Waals surface area contributed by atoms with Gasteiger partial charge in [-0.25, -0.2) is 4.79 Å². The lowest BCUT2D eigenvalue weighted by molar-refractivity contribution is -0.154. The molecule has 0 saturated heterocycles. The van der Waals surface area contributed by atoms with Crippen LogP contribution in [0.4, 0.5) is 0 Å². The third-order valence-electron chi connectivity index (χ3n) is 4.32. The van der Waals surface area contributed by atoms with E-state index in [2.05, 4.69) is 0 Å². The van der Waals surface area contributed by atoms with Crippen LogP contribution in [-0.4, -0.2) is 29.2 Å². The summed E-state index contributed by atoms with van der Waals surface area (Å²) in [7, 11) is 1.33. The number of carbonyl (C=O) groups is 2. The standard InChI is InChI=1S/C24H25NO4/c1-24(2,3)29-22(26)16-21-19(23(27)28-4)15-20(17-11-7-5-8-12-17)25(21)18-13-9-6-10-14-18/h5-15H,16H2,1-4H3. The van der Waals surface area contributed by atoms with Crippen molar-refractivity contribution in [2.24, 2.45) is 0 Å². The monoisotopic (exact) mass is 391 g/mol. The maximum absolute atomic E-state index is 12.6. The average molecular weight is 391 g/mol. The zero-order chi connectivity index (χ0) is 21.0. The van der Waals surface area contributed by atoms with E-state index in [1.54, 1.807) is 6.07 Å². The first kappa shape index (κ1) is 20.4. The molecule has 0 fully saturated rings. The number of hydrogen-bond acceptors (Lipinski definition) is 4. The fourth-order valence-electron chi connectivity index (χ4n) is 3.22. The molecule has 0 bridgehead atoms. The fraction of sp³-hybridized carbons (Fsp3) is 0.250.